The average molecular weight is 979 g/mol. The minimum Gasteiger partial charge on any atom is -0.315 e. The van der Waals surface area contributed by atoms with E-state index in [2.05, 4.69) is 323 Å². The predicted octanol–water partition coefficient (Wildman–Crippen LogP) is 20.7. The third kappa shape index (κ3) is 10.3. The third-order valence-electron chi connectivity index (χ3n) is 14.4. The quantitative estimate of drug-likeness (QED) is 0.101. The lowest BCUT2D eigenvalue weighted by Crippen LogP contribution is -2.17. The van der Waals surface area contributed by atoms with Crippen molar-refractivity contribution in [3.05, 3.63) is 309 Å². The van der Waals surface area contributed by atoms with E-state index in [1.165, 1.54) is 46.6 Å². The molecule has 0 aliphatic heterocycles. The van der Waals surface area contributed by atoms with Gasteiger partial charge < -0.3 is 19.6 Å². The van der Waals surface area contributed by atoms with Gasteiger partial charge in [0.25, 0.3) is 0 Å². The zero-order valence-electron chi connectivity index (χ0n) is 42.5. The van der Waals surface area contributed by atoms with E-state index in [-0.39, 0.29) is 0 Å². The van der Waals surface area contributed by atoms with Gasteiger partial charge in [0.05, 0.1) is 0 Å². The van der Waals surface area contributed by atoms with Crippen molar-refractivity contribution in [1.29, 1.82) is 0 Å². The van der Waals surface area contributed by atoms with Crippen LogP contribution in [-0.4, -0.2) is 0 Å². The zero-order chi connectivity index (χ0) is 50.9. The van der Waals surface area contributed by atoms with Crippen LogP contribution in [0.15, 0.2) is 309 Å². The number of allylic oxidation sites excluding steroid dienone is 2. The Kier molecular flexibility index (Phi) is 13.9. The van der Waals surface area contributed by atoms with Crippen LogP contribution in [0.1, 0.15) is 25.7 Å². The Morgan fingerprint density at radius 2 is 0.382 bits per heavy atom. The Bertz CT molecular complexity index is 3580. The lowest BCUT2D eigenvalue weighted by molar-refractivity contribution is 0.691. The van der Waals surface area contributed by atoms with Crippen LogP contribution in [0.4, 0.5) is 62.6 Å². The van der Waals surface area contributed by atoms with Crippen molar-refractivity contribution in [2.24, 2.45) is 0 Å². The fourth-order valence-electron chi connectivity index (χ4n) is 10.5. The fourth-order valence-corrected chi connectivity index (χ4v) is 10.5. The van der Waals surface area contributed by atoms with Crippen molar-refractivity contribution in [1.82, 2.24) is 0 Å². The topological polar surface area (TPSA) is 13.0 Å². The molecule has 1 aliphatic carbocycles. The van der Waals surface area contributed by atoms with Crippen LogP contribution in [0, 0.1) is 0 Å². The smallest absolute Gasteiger partial charge is 0.0462 e. The van der Waals surface area contributed by atoms with Crippen LogP contribution in [0.3, 0.4) is 0 Å². The molecule has 0 saturated heterocycles. The minimum absolute atomic E-state index is 1.09. The summed E-state index contributed by atoms with van der Waals surface area (Å²) < 4.78 is 0. The van der Waals surface area contributed by atoms with E-state index in [9.17, 15) is 0 Å². The Hall–Kier alpha value is -9.64. The van der Waals surface area contributed by atoms with Gasteiger partial charge in [-0.2, -0.15) is 0 Å². The Balaban J connectivity index is 0.770. The summed E-state index contributed by atoms with van der Waals surface area (Å²) in [6, 6.07) is 107. The molecule has 11 aromatic rings. The molecule has 0 unspecified atom stereocenters. The summed E-state index contributed by atoms with van der Waals surface area (Å²) in [6.45, 7) is 0. The molecule has 366 valence electrons. The molecule has 0 saturated carbocycles. The number of hydrogen-bond acceptors (Lipinski definition) is 4. The van der Waals surface area contributed by atoms with Gasteiger partial charge in [0, 0.05) is 68.3 Å². The Morgan fingerprint density at radius 3 is 0.592 bits per heavy atom. The van der Waals surface area contributed by atoms with Crippen LogP contribution >= 0.6 is 0 Å². The van der Waals surface area contributed by atoms with Gasteiger partial charge in [-0.3, -0.25) is 0 Å². The molecule has 0 radical (unpaired) electrons. The highest BCUT2D eigenvalue weighted by Crippen LogP contribution is 2.41. The summed E-state index contributed by atoms with van der Waals surface area (Å²) in [5, 5.41) is 0. The third-order valence-corrected chi connectivity index (χ3v) is 14.4. The number of nitrogens with zero attached hydrogens (tertiary/aromatic N) is 4. The van der Waals surface area contributed by atoms with E-state index in [0.717, 1.165) is 80.7 Å². The fraction of sp³-hybridized carbons (Fsp3) is 0.0556. The second-order valence-corrected chi connectivity index (χ2v) is 19.2. The van der Waals surface area contributed by atoms with E-state index in [4.69, 9.17) is 0 Å². The highest BCUT2D eigenvalue weighted by atomic mass is 15.2. The molecule has 11 aromatic carbocycles. The first kappa shape index (κ1) is 47.4. The lowest BCUT2D eigenvalue weighted by Gasteiger charge is -2.30. The number of para-hydroxylation sites is 5. The number of anilines is 11. The average Bonchev–Trinajstić information content (AvgIpc) is 3.50. The zero-order valence-corrected chi connectivity index (χ0v) is 42.5. The van der Waals surface area contributed by atoms with Crippen LogP contribution in [-0.2, 0) is 0 Å². The molecule has 0 bridgehead atoms. The first-order chi connectivity index (χ1) is 37.7. The van der Waals surface area contributed by atoms with E-state index in [1.807, 2.05) is 0 Å². The monoisotopic (exact) mass is 978 g/mol. The summed E-state index contributed by atoms with van der Waals surface area (Å²) >= 11 is 0. The summed E-state index contributed by atoms with van der Waals surface area (Å²) in [7, 11) is 0. The van der Waals surface area contributed by atoms with Crippen molar-refractivity contribution in [3.8, 4) is 33.4 Å². The Morgan fingerprint density at radius 1 is 0.184 bits per heavy atom. The van der Waals surface area contributed by atoms with Gasteiger partial charge in [0.2, 0.25) is 0 Å². The largest absolute Gasteiger partial charge is 0.315 e. The molecule has 0 fully saturated rings. The van der Waals surface area contributed by atoms with Gasteiger partial charge in [0.15, 0.2) is 0 Å². The SMILES string of the molecule is C1=C(N(c2ccccc2)c2ccc(-c3ccc(N(c4ccccc4)c4ccc(-c5ccc(N(c6ccccc6)c6ccc(-c7ccc(N(c8ccccc8)c8ccccc8)cc7)cc6)cc5)cc4)cc3)cc2)CCCC1. The molecular formula is C72H58N4. The molecule has 4 nitrogen and oxygen atoms in total. The van der Waals surface area contributed by atoms with E-state index >= 15 is 0 Å². The second-order valence-electron chi connectivity index (χ2n) is 19.2. The molecule has 0 N–H and O–H groups in total. The molecule has 1 aliphatic rings. The maximum Gasteiger partial charge on any atom is 0.0462 e. The van der Waals surface area contributed by atoms with Crippen LogP contribution < -0.4 is 19.6 Å². The summed E-state index contributed by atoms with van der Waals surface area (Å²) in [5.41, 5.74) is 20.8. The molecule has 76 heavy (non-hydrogen) atoms. The van der Waals surface area contributed by atoms with Crippen molar-refractivity contribution >= 4 is 62.6 Å². The molecule has 0 amide bonds. The van der Waals surface area contributed by atoms with Gasteiger partial charge in [-0.25, -0.2) is 0 Å². The number of benzene rings is 11. The van der Waals surface area contributed by atoms with E-state index in [0.29, 0.717) is 0 Å². The first-order valence-electron chi connectivity index (χ1n) is 26.5. The standard InChI is InChI=1S/C72H58N4/c1-7-19-61(20-8-1)73(62-21-9-2-10-22-62)67-43-31-55(32-44-67)57-35-47-69(48-36-57)75(65-27-15-5-16-28-65)71-51-39-59(40-52-71)60-41-53-72(54-42-60)76(66-29-17-6-18-30-66)70-49-37-58(38-50-70)56-33-45-68(46-34-56)74(63-23-11-3-12-24-63)64-25-13-4-14-26-64/h1-3,5-12,15-25,27-54H,4,13-14,26H2. The highest BCUT2D eigenvalue weighted by Gasteiger charge is 2.19. The molecule has 0 heterocycles. The van der Waals surface area contributed by atoms with Gasteiger partial charge >= 0.3 is 0 Å². The Labute approximate surface area is 448 Å². The number of hydrogen-bond donors (Lipinski definition) is 0. The molecule has 0 spiro atoms. The van der Waals surface area contributed by atoms with Crippen molar-refractivity contribution < 1.29 is 0 Å². The van der Waals surface area contributed by atoms with Gasteiger partial charge in [-0.05, 0) is 193 Å². The normalized spacial score (nSPS) is 12.1. The maximum atomic E-state index is 2.43. The van der Waals surface area contributed by atoms with Gasteiger partial charge in [-0.1, -0.05) is 170 Å². The van der Waals surface area contributed by atoms with Crippen LogP contribution in [0.25, 0.3) is 33.4 Å². The molecule has 0 atom stereocenters. The van der Waals surface area contributed by atoms with Crippen molar-refractivity contribution in [3.63, 3.8) is 0 Å². The van der Waals surface area contributed by atoms with E-state index in [1.54, 1.807) is 0 Å². The van der Waals surface area contributed by atoms with E-state index < -0.39 is 0 Å². The second kappa shape index (κ2) is 22.2. The molecule has 4 heteroatoms. The van der Waals surface area contributed by atoms with Crippen LogP contribution in [0.2, 0.25) is 0 Å². The van der Waals surface area contributed by atoms with Crippen LogP contribution in [0.5, 0.6) is 0 Å². The summed E-state index contributed by atoms with van der Waals surface area (Å²) in [6.07, 6.45) is 7.15. The van der Waals surface area contributed by atoms with Crippen molar-refractivity contribution in [2.75, 3.05) is 19.6 Å². The number of rotatable bonds is 15. The van der Waals surface area contributed by atoms with Gasteiger partial charge in [0.1, 0.15) is 0 Å². The van der Waals surface area contributed by atoms with Gasteiger partial charge in [-0.15, -0.1) is 0 Å². The minimum atomic E-state index is 1.09. The summed E-state index contributed by atoms with van der Waals surface area (Å²) in [5.74, 6) is 0. The highest BCUT2D eigenvalue weighted by molar-refractivity contribution is 5.84. The summed E-state index contributed by atoms with van der Waals surface area (Å²) in [4.78, 5) is 9.38. The lowest BCUT2D eigenvalue weighted by atomic mass is 10.0. The first-order valence-corrected chi connectivity index (χ1v) is 26.5. The molecule has 12 rings (SSSR count). The van der Waals surface area contributed by atoms with Crippen molar-refractivity contribution in [2.45, 2.75) is 25.7 Å². The predicted molar refractivity (Wildman–Crippen MR) is 322 cm³/mol. The molecule has 0 aromatic heterocycles. The molecular weight excluding hydrogens is 921 g/mol. The maximum absolute atomic E-state index is 2.43.